The number of likely N-dealkylation sites (N-methyl/N-ethyl adjacent to an activating group) is 1. The Hall–Kier alpha value is -3.77. The molecule has 12 nitrogen and oxygen atoms in total. The van der Waals surface area contributed by atoms with Gasteiger partial charge in [0, 0.05) is 19.7 Å². The third kappa shape index (κ3) is 11.2. The van der Waals surface area contributed by atoms with Crippen molar-refractivity contribution in [2.45, 2.75) is 122 Å². The average molecular weight is 642 g/mol. The minimum Gasteiger partial charge on any atom is -0.461 e. The van der Waals surface area contributed by atoms with E-state index in [1.165, 1.54) is 29.0 Å². The highest BCUT2D eigenvalue weighted by atomic mass is 16.6. The lowest BCUT2D eigenvalue weighted by molar-refractivity contribution is -0.163. The summed E-state index contributed by atoms with van der Waals surface area (Å²) in [6.45, 7) is 8.50. The van der Waals surface area contributed by atoms with Gasteiger partial charge >= 0.3 is 12.1 Å². The zero-order chi connectivity index (χ0) is 34.0. The van der Waals surface area contributed by atoms with Crippen LogP contribution >= 0.6 is 0 Å². The highest BCUT2D eigenvalue weighted by Crippen LogP contribution is 2.30. The molecule has 0 spiro atoms. The topological polar surface area (TPSA) is 166 Å². The average Bonchev–Trinajstić information content (AvgIpc) is 3.46. The lowest BCUT2D eigenvalue weighted by Gasteiger charge is -2.36. The molecule has 1 heterocycles. The van der Waals surface area contributed by atoms with Crippen molar-refractivity contribution in [3.8, 4) is 0 Å². The summed E-state index contributed by atoms with van der Waals surface area (Å²) < 4.78 is 12.0. The van der Waals surface area contributed by atoms with Crippen molar-refractivity contribution in [2.75, 3.05) is 7.05 Å². The van der Waals surface area contributed by atoms with Crippen LogP contribution in [0.15, 0.2) is 42.9 Å². The number of ether oxygens (including phenoxy) is 2. The van der Waals surface area contributed by atoms with E-state index in [9.17, 15) is 24.3 Å². The summed E-state index contributed by atoms with van der Waals surface area (Å²) in [6, 6.07) is 6.53. The Balaban J connectivity index is 1.84. The number of benzene rings is 1. The Kier molecular flexibility index (Phi) is 13.3. The number of amides is 2. The van der Waals surface area contributed by atoms with Crippen molar-refractivity contribution in [1.29, 1.82) is 0 Å². The summed E-state index contributed by atoms with van der Waals surface area (Å²) in [4.78, 5) is 58.6. The normalized spacial score (nSPS) is 16.6. The van der Waals surface area contributed by atoms with Crippen LogP contribution in [0.1, 0.15) is 89.2 Å². The van der Waals surface area contributed by atoms with Gasteiger partial charge in [0.15, 0.2) is 6.10 Å². The van der Waals surface area contributed by atoms with Gasteiger partial charge in [0.2, 0.25) is 11.8 Å². The van der Waals surface area contributed by atoms with E-state index < -0.39 is 53.9 Å². The summed E-state index contributed by atoms with van der Waals surface area (Å²) in [5.74, 6) is -1.52. The van der Waals surface area contributed by atoms with Gasteiger partial charge in [-0.25, -0.2) is 14.6 Å². The second-order valence-electron chi connectivity index (χ2n) is 13.5. The van der Waals surface area contributed by atoms with Crippen LogP contribution in [-0.2, 0) is 31.9 Å². The number of hydrogen-bond acceptors (Lipinski definition) is 9. The minimum absolute atomic E-state index is 0.0840. The lowest BCUT2D eigenvalue weighted by Crippen LogP contribution is -2.56. The van der Waals surface area contributed by atoms with E-state index in [1.54, 1.807) is 34.6 Å². The number of esters is 1. The number of carbonyl (C=O) groups excluding carboxylic acids is 4. The molecule has 1 aromatic carbocycles. The maximum absolute atomic E-state index is 14.1. The summed E-state index contributed by atoms with van der Waals surface area (Å²) in [6.07, 6.45) is 5.71. The Morgan fingerprint density at radius 2 is 1.74 bits per heavy atom. The van der Waals surface area contributed by atoms with Crippen LogP contribution < -0.4 is 11.1 Å². The number of alkyl carbamates (subject to hydrolysis) is 1. The Morgan fingerprint density at radius 3 is 2.35 bits per heavy atom. The van der Waals surface area contributed by atoms with Crippen molar-refractivity contribution >= 4 is 23.9 Å². The molecule has 0 aliphatic heterocycles. The summed E-state index contributed by atoms with van der Waals surface area (Å²) in [7, 11) is 1.51. The van der Waals surface area contributed by atoms with Crippen LogP contribution in [0.4, 0.5) is 4.79 Å². The summed E-state index contributed by atoms with van der Waals surface area (Å²) in [5, 5.41) is 13.8. The summed E-state index contributed by atoms with van der Waals surface area (Å²) >= 11 is 0. The first-order valence-corrected chi connectivity index (χ1v) is 16.2. The first-order valence-electron chi connectivity index (χ1n) is 16.2. The van der Waals surface area contributed by atoms with Crippen molar-refractivity contribution in [3.05, 3.63) is 54.1 Å². The fourth-order valence-electron chi connectivity index (χ4n) is 5.73. The number of nitrogens with two attached hydrogens (primary N) is 1. The molecule has 1 aliphatic carbocycles. The first kappa shape index (κ1) is 36.7. The third-order valence-corrected chi connectivity index (χ3v) is 8.01. The van der Waals surface area contributed by atoms with Gasteiger partial charge in [-0.2, -0.15) is 0 Å². The maximum Gasteiger partial charge on any atom is 0.408 e. The van der Waals surface area contributed by atoms with Gasteiger partial charge in [-0.05, 0) is 58.9 Å². The van der Waals surface area contributed by atoms with Crippen molar-refractivity contribution in [1.82, 2.24) is 19.8 Å². The van der Waals surface area contributed by atoms with E-state index in [2.05, 4.69) is 10.3 Å². The minimum atomic E-state index is -1.58. The van der Waals surface area contributed by atoms with Crippen LogP contribution in [0, 0.1) is 5.92 Å². The predicted octanol–water partition coefficient (Wildman–Crippen LogP) is 3.64. The molecular formula is C34H51N5O7. The monoisotopic (exact) mass is 641 g/mol. The zero-order valence-corrected chi connectivity index (χ0v) is 28.0. The number of aliphatic hydroxyl groups excluding tert-OH is 1. The molecule has 1 saturated carbocycles. The van der Waals surface area contributed by atoms with Crippen LogP contribution in [0.25, 0.3) is 0 Å². The number of nitrogens with one attached hydrogen (secondary N) is 1. The number of rotatable bonds is 13. The van der Waals surface area contributed by atoms with E-state index in [4.69, 9.17) is 15.2 Å². The van der Waals surface area contributed by atoms with Gasteiger partial charge in [0.1, 0.15) is 18.0 Å². The zero-order valence-electron chi connectivity index (χ0n) is 28.0. The lowest BCUT2D eigenvalue weighted by atomic mass is 9.83. The van der Waals surface area contributed by atoms with Crippen molar-refractivity contribution in [2.24, 2.45) is 11.7 Å². The van der Waals surface area contributed by atoms with E-state index in [0.717, 1.165) is 37.7 Å². The van der Waals surface area contributed by atoms with E-state index in [-0.39, 0.29) is 18.2 Å². The molecule has 46 heavy (non-hydrogen) atoms. The Morgan fingerprint density at radius 1 is 1.09 bits per heavy atom. The second-order valence-corrected chi connectivity index (χ2v) is 13.5. The molecule has 0 bridgehead atoms. The molecule has 2 aromatic rings. The van der Waals surface area contributed by atoms with Crippen molar-refractivity contribution in [3.63, 3.8) is 0 Å². The molecule has 1 aromatic heterocycles. The fourth-order valence-corrected chi connectivity index (χ4v) is 5.73. The number of nitrogens with zero attached hydrogens (tertiary/aromatic N) is 3. The largest absolute Gasteiger partial charge is 0.461 e. The molecule has 1 aliphatic rings. The third-order valence-electron chi connectivity index (χ3n) is 8.01. The maximum atomic E-state index is 14.1. The van der Waals surface area contributed by atoms with Gasteiger partial charge < -0.3 is 30.5 Å². The molecular weight excluding hydrogens is 590 g/mol. The SMILES string of the molecule is CC(C)OC(=O)C(O)[C@H](CC1CCCCC1)N(C)C(=O)[C@H](Cc1cn(C(=O)[C@@H](N)Cc2ccccc2)cn1)NC(=O)OC(C)(C)C. The van der Waals surface area contributed by atoms with Gasteiger partial charge in [-0.15, -0.1) is 0 Å². The highest BCUT2D eigenvalue weighted by molar-refractivity contribution is 5.87. The molecule has 1 fully saturated rings. The van der Waals surface area contributed by atoms with Crippen LogP contribution in [0.2, 0.25) is 0 Å². The molecule has 0 saturated heterocycles. The van der Waals surface area contributed by atoms with Crippen LogP contribution in [0.5, 0.6) is 0 Å². The van der Waals surface area contributed by atoms with Gasteiger partial charge in [0.05, 0.1) is 23.9 Å². The molecule has 4 atom stereocenters. The quantitative estimate of drug-likeness (QED) is 0.277. The first-order chi connectivity index (χ1) is 21.6. The van der Waals surface area contributed by atoms with Crippen LogP contribution in [-0.4, -0.2) is 86.4 Å². The smallest absolute Gasteiger partial charge is 0.408 e. The standard InChI is InChI=1S/C34H51N5O7/c1-22(2)45-32(43)29(40)28(18-24-15-11-8-12-16-24)38(6)31(42)27(37-33(44)46-34(3,4)5)19-25-20-39(21-36-25)30(41)26(35)17-23-13-9-7-10-14-23/h7,9-10,13-14,20-22,24,26-29,40H,8,11-12,15-19,35H2,1-6H3,(H,37,44)/t26-,27-,28-,29?/m0/s1. The molecule has 12 heteroatoms. The molecule has 3 rings (SSSR count). The Bertz CT molecular complexity index is 1300. The highest BCUT2D eigenvalue weighted by Gasteiger charge is 2.38. The van der Waals surface area contributed by atoms with E-state index >= 15 is 0 Å². The number of aliphatic hydroxyl groups is 1. The van der Waals surface area contributed by atoms with Gasteiger partial charge in [-0.3, -0.25) is 14.2 Å². The number of hydrogen-bond donors (Lipinski definition) is 3. The Labute approximate surface area is 272 Å². The number of aromatic nitrogens is 2. The van der Waals surface area contributed by atoms with E-state index in [0.29, 0.717) is 18.5 Å². The molecule has 1 unspecified atom stereocenters. The fraction of sp³-hybridized carbons (Fsp3) is 0.618. The molecule has 0 radical (unpaired) electrons. The molecule has 254 valence electrons. The second kappa shape index (κ2) is 16.7. The van der Waals surface area contributed by atoms with E-state index in [1.807, 2.05) is 30.3 Å². The molecule has 4 N–H and O–H groups in total. The summed E-state index contributed by atoms with van der Waals surface area (Å²) in [5.41, 5.74) is 6.65. The van der Waals surface area contributed by atoms with Gasteiger partial charge in [0.25, 0.3) is 0 Å². The van der Waals surface area contributed by atoms with Gasteiger partial charge in [-0.1, -0.05) is 62.4 Å². The predicted molar refractivity (Wildman–Crippen MR) is 173 cm³/mol. The molecule has 2 amide bonds. The van der Waals surface area contributed by atoms with Crippen LogP contribution in [0.3, 0.4) is 0 Å². The number of imidazole rings is 1. The number of carbonyl (C=O) groups is 4. The van der Waals surface area contributed by atoms with Crippen molar-refractivity contribution < 1.29 is 33.8 Å².